The molecule has 0 unspecified atom stereocenters. The number of H-pyrrole nitrogens is 1. The predicted octanol–water partition coefficient (Wildman–Crippen LogP) is 6.37. The number of nitrogens with one attached hydrogen (secondary N) is 2. The Bertz CT molecular complexity index is 748. The Morgan fingerprint density at radius 1 is 1.11 bits per heavy atom. The first kappa shape index (κ1) is 26.5. The quantitative estimate of drug-likeness (QED) is 0.469. The lowest BCUT2D eigenvalue weighted by Gasteiger charge is -2.03. The maximum Gasteiger partial charge on any atom is 0.251 e. The molecule has 1 aromatic heterocycles. The number of benzene rings is 1. The zero-order valence-electron chi connectivity index (χ0n) is 18.1. The minimum atomic E-state index is 0.00975. The first-order chi connectivity index (χ1) is 13.3. The summed E-state index contributed by atoms with van der Waals surface area (Å²) in [5.74, 6) is 0.00975. The summed E-state index contributed by atoms with van der Waals surface area (Å²) in [6, 6.07) is 5.81. The topological polar surface area (TPSA) is 44.9 Å². The summed E-state index contributed by atoms with van der Waals surface area (Å²) in [6.45, 7) is 18.5. The second-order valence-electron chi connectivity index (χ2n) is 4.66. The molecule has 1 aromatic carbocycles. The molecule has 1 aliphatic heterocycles. The molecule has 148 valence electrons. The van der Waals surface area contributed by atoms with Crippen LogP contribution in [0.15, 0.2) is 36.9 Å². The van der Waals surface area contributed by atoms with Crippen LogP contribution in [0.3, 0.4) is 0 Å². The summed E-state index contributed by atoms with van der Waals surface area (Å²) in [7, 11) is 0. The van der Waals surface area contributed by atoms with Crippen molar-refractivity contribution in [1.82, 2.24) is 10.3 Å². The molecule has 0 saturated carbocycles. The lowest BCUT2D eigenvalue weighted by Crippen LogP contribution is -2.23. The van der Waals surface area contributed by atoms with Gasteiger partial charge in [0.15, 0.2) is 0 Å². The van der Waals surface area contributed by atoms with Gasteiger partial charge in [0.25, 0.3) is 5.91 Å². The van der Waals surface area contributed by atoms with Crippen LogP contribution in [0, 0.1) is 12.8 Å². The standard InChI is InChI=1S/C16H16N2O.3C2H6.C2H2/c1-3-10(4-2)15-11-8-9-17-16(19)12-6-5-7-13(18-15)14(11)12;4*1-2/h3-7,18H,1,8-9H2,2H3,(H,17,19);3*1-2H3;1-2H/b10-4+;;;;. The summed E-state index contributed by atoms with van der Waals surface area (Å²) in [6.07, 6.45) is 12.7. The molecular weight excluding hydrogens is 332 g/mol. The number of hydrogen-bond acceptors (Lipinski definition) is 1. The van der Waals surface area contributed by atoms with Crippen LogP contribution in [-0.2, 0) is 6.42 Å². The number of aromatic nitrogens is 1. The van der Waals surface area contributed by atoms with Crippen molar-refractivity contribution < 1.29 is 4.79 Å². The van der Waals surface area contributed by atoms with Crippen LogP contribution in [0.25, 0.3) is 16.5 Å². The molecule has 0 saturated heterocycles. The maximum atomic E-state index is 12.1. The molecule has 0 bridgehead atoms. The largest absolute Gasteiger partial charge is 0.354 e. The Morgan fingerprint density at radius 2 is 1.70 bits per heavy atom. The number of terminal acetylenes is 1. The van der Waals surface area contributed by atoms with E-state index in [1.165, 1.54) is 5.56 Å². The molecular formula is C24H36N2O. The minimum absolute atomic E-state index is 0.00975. The van der Waals surface area contributed by atoms with E-state index in [2.05, 4.69) is 29.7 Å². The molecule has 3 heteroatoms. The van der Waals surface area contributed by atoms with Crippen LogP contribution in [0.4, 0.5) is 0 Å². The Kier molecular flexibility index (Phi) is 15.2. The number of aromatic amines is 1. The van der Waals surface area contributed by atoms with Crippen molar-refractivity contribution in [2.45, 2.75) is 54.9 Å². The molecule has 0 aliphatic carbocycles. The molecule has 0 atom stereocenters. The van der Waals surface area contributed by atoms with Gasteiger partial charge in [-0.15, -0.1) is 12.8 Å². The van der Waals surface area contributed by atoms with Crippen molar-refractivity contribution in [1.29, 1.82) is 0 Å². The second-order valence-corrected chi connectivity index (χ2v) is 4.66. The van der Waals surface area contributed by atoms with Gasteiger partial charge in [-0.2, -0.15) is 0 Å². The molecule has 0 spiro atoms. The van der Waals surface area contributed by atoms with Crippen molar-refractivity contribution in [2.75, 3.05) is 6.54 Å². The van der Waals surface area contributed by atoms with E-state index < -0.39 is 0 Å². The van der Waals surface area contributed by atoms with Gasteiger partial charge in [0, 0.05) is 28.7 Å². The van der Waals surface area contributed by atoms with Crippen LogP contribution in [0.2, 0.25) is 0 Å². The van der Waals surface area contributed by atoms with Gasteiger partial charge in [0.1, 0.15) is 0 Å². The molecule has 0 radical (unpaired) electrons. The highest BCUT2D eigenvalue weighted by molar-refractivity contribution is 6.09. The normalized spacial score (nSPS) is 11.4. The van der Waals surface area contributed by atoms with E-state index in [1.807, 2.05) is 78.8 Å². The van der Waals surface area contributed by atoms with E-state index in [4.69, 9.17) is 0 Å². The summed E-state index contributed by atoms with van der Waals surface area (Å²) in [4.78, 5) is 15.5. The summed E-state index contributed by atoms with van der Waals surface area (Å²) in [5, 5.41) is 3.99. The molecule has 2 aromatic rings. The Labute approximate surface area is 166 Å². The number of rotatable bonds is 2. The van der Waals surface area contributed by atoms with Crippen molar-refractivity contribution >= 4 is 22.4 Å². The third kappa shape index (κ3) is 6.18. The Balaban J connectivity index is 0. The van der Waals surface area contributed by atoms with Gasteiger partial charge in [-0.25, -0.2) is 0 Å². The number of hydrogen-bond donors (Lipinski definition) is 2. The number of carbonyl (C=O) groups excluding carboxylic acids is 1. The zero-order valence-corrected chi connectivity index (χ0v) is 18.1. The molecule has 0 fully saturated rings. The van der Waals surface area contributed by atoms with Crippen LogP contribution >= 0.6 is 0 Å². The van der Waals surface area contributed by atoms with Gasteiger partial charge in [0.05, 0.1) is 0 Å². The van der Waals surface area contributed by atoms with Crippen molar-refractivity contribution in [3.63, 3.8) is 0 Å². The number of allylic oxidation sites excluding steroid dienone is 3. The monoisotopic (exact) mass is 368 g/mol. The second kappa shape index (κ2) is 15.5. The molecule has 27 heavy (non-hydrogen) atoms. The van der Waals surface area contributed by atoms with E-state index >= 15 is 0 Å². The summed E-state index contributed by atoms with van der Waals surface area (Å²) < 4.78 is 0. The highest BCUT2D eigenvalue weighted by Crippen LogP contribution is 2.32. The first-order valence-corrected chi connectivity index (χ1v) is 9.80. The SMILES string of the molecule is C#C.C=C/C(=C\C)c1[nH]c2cccc3c2c1CCNC3=O.CC.CC.CC. The molecule has 1 aliphatic rings. The van der Waals surface area contributed by atoms with Crippen molar-refractivity contribution in [3.05, 3.63) is 53.8 Å². The van der Waals surface area contributed by atoms with Gasteiger partial charge >= 0.3 is 0 Å². The molecule has 1 amide bonds. The predicted molar refractivity (Wildman–Crippen MR) is 122 cm³/mol. The van der Waals surface area contributed by atoms with E-state index in [1.54, 1.807) is 0 Å². The lowest BCUT2D eigenvalue weighted by molar-refractivity contribution is 0.0957. The van der Waals surface area contributed by atoms with Crippen LogP contribution in [0.1, 0.15) is 70.1 Å². The van der Waals surface area contributed by atoms with Crippen molar-refractivity contribution in [3.8, 4) is 12.8 Å². The third-order valence-corrected chi connectivity index (χ3v) is 3.65. The molecule has 3 nitrogen and oxygen atoms in total. The minimum Gasteiger partial charge on any atom is -0.354 e. The summed E-state index contributed by atoms with van der Waals surface area (Å²) in [5.41, 5.74) is 5.13. The number of carbonyl (C=O) groups is 1. The Morgan fingerprint density at radius 3 is 2.22 bits per heavy atom. The van der Waals surface area contributed by atoms with Crippen LogP contribution < -0.4 is 5.32 Å². The van der Waals surface area contributed by atoms with E-state index in [9.17, 15) is 4.79 Å². The average molecular weight is 369 g/mol. The average Bonchev–Trinajstić information content (AvgIpc) is 3.03. The van der Waals surface area contributed by atoms with E-state index in [0.29, 0.717) is 6.54 Å². The Hall–Kier alpha value is -2.73. The van der Waals surface area contributed by atoms with Gasteiger partial charge in [0.2, 0.25) is 0 Å². The van der Waals surface area contributed by atoms with Crippen LogP contribution in [0.5, 0.6) is 0 Å². The molecule has 2 heterocycles. The van der Waals surface area contributed by atoms with Gasteiger partial charge in [-0.1, -0.05) is 66.3 Å². The number of amides is 1. The molecule has 2 N–H and O–H groups in total. The fraction of sp³-hybridized carbons (Fsp3) is 0.375. The van der Waals surface area contributed by atoms with E-state index in [-0.39, 0.29) is 5.91 Å². The smallest absolute Gasteiger partial charge is 0.251 e. The van der Waals surface area contributed by atoms with Crippen LogP contribution in [-0.4, -0.2) is 17.4 Å². The third-order valence-electron chi connectivity index (χ3n) is 3.65. The maximum absolute atomic E-state index is 12.1. The zero-order chi connectivity index (χ0) is 21.4. The van der Waals surface area contributed by atoms with Gasteiger partial charge in [-0.3, -0.25) is 4.79 Å². The molecule has 3 rings (SSSR count). The fourth-order valence-corrected chi connectivity index (χ4v) is 2.76. The highest BCUT2D eigenvalue weighted by Gasteiger charge is 2.21. The fourth-order valence-electron chi connectivity index (χ4n) is 2.76. The van der Waals surface area contributed by atoms with E-state index in [0.717, 1.165) is 34.2 Å². The highest BCUT2D eigenvalue weighted by atomic mass is 16.1. The van der Waals surface area contributed by atoms with Crippen molar-refractivity contribution in [2.24, 2.45) is 0 Å². The first-order valence-electron chi connectivity index (χ1n) is 9.80. The summed E-state index contributed by atoms with van der Waals surface area (Å²) >= 11 is 0. The van der Waals surface area contributed by atoms with Gasteiger partial charge < -0.3 is 10.3 Å². The van der Waals surface area contributed by atoms with Gasteiger partial charge in [-0.05, 0) is 36.6 Å². The lowest BCUT2D eigenvalue weighted by atomic mass is 10.0.